The van der Waals surface area contributed by atoms with Crippen molar-refractivity contribution < 1.29 is 0 Å². The maximum absolute atomic E-state index is 8.88. The lowest BCUT2D eigenvalue weighted by Gasteiger charge is -2.15. The number of benzene rings is 1. The molecule has 1 aliphatic rings. The predicted molar refractivity (Wildman–Crippen MR) is 74.7 cm³/mol. The van der Waals surface area contributed by atoms with Gasteiger partial charge in [-0.25, -0.2) is 0 Å². The number of nitriles is 1. The van der Waals surface area contributed by atoms with E-state index < -0.39 is 0 Å². The molecule has 18 heavy (non-hydrogen) atoms. The van der Waals surface area contributed by atoms with Crippen molar-refractivity contribution in [1.82, 2.24) is 4.90 Å². The van der Waals surface area contributed by atoms with Gasteiger partial charge in [0.15, 0.2) is 0 Å². The Kier molecular flexibility index (Phi) is 4.60. The van der Waals surface area contributed by atoms with Gasteiger partial charge in [-0.15, -0.1) is 0 Å². The fourth-order valence-electron chi connectivity index (χ4n) is 2.41. The lowest BCUT2D eigenvalue weighted by molar-refractivity contribution is 0.337. The number of anilines is 1. The second kappa shape index (κ2) is 6.42. The summed E-state index contributed by atoms with van der Waals surface area (Å²) < 4.78 is 0. The van der Waals surface area contributed by atoms with Gasteiger partial charge in [0, 0.05) is 12.2 Å². The molecule has 1 heterocycles. The van der Waals surface area contributed by atoms with Gasteiger partial charge in [-0.05, 0) is 63.5 Å². The average molecular weight is 243 g/mol. The summed E-state index contributed by atoms with van der Waals surface area (Å²) in [5, 5.41) is 12.3. The normalized spacial score (nSPS) is 15.6. The van der Waals surface area contributed by atoms with E-state index in [0.29, 0.717) is 0 Å². The molecule has 1 fully saturated rings. The standard InChI is InChI=1S/C15H21N3/c1-13-5-6-14(12-16)11-15(13)17-7-4-10-18-8-2-3-9-18/h5-6,11,17H,2-4,7-10H2,1H3. The molecule has 0 aliphatic carbocycles. The van der Waals surface area contributed by atoms with Crippen LogP contribution in [-0.2, 0) is 0 Å². The molecular weight excluding hydrogens is 222 g/mol. The van der Waals surface area contributed by atoms with Crippen molar-refractivity contribution >= 4 is 5.69 Å². The van der Waals surface area contributed by atoms with E-state index in [1.54, 1.807) is 0 Å². The molecule has 0 spiro atoms. The molecule has 0 radical (unpaired) electrons. The topological polar surface area (TPSA) is 39.1 Å². The highest BCUT2D eigenvalue weighted by atomic mass is 15.1. The third kappa shape index (κ3) is 3.48. The van der Waals surface area contributed by atoms with E-state index >= 15 is 0 Å². The van der Waals surface area contributed by atoms with Gasteiger partial charge in [0.25, 0.3) is 0 Å². The summed E-state index contributed by atoms with van der Waals surface area (Å²) in [7, 11) is 0. The zero-order valence-electron chi connectivity index (χ0n) is 11.1. The SMILES string of the molecule is Cc1ccc(C#N)cc1NCCCN1CCCC1. The van der Waals surface area contributed by atoms with Crippen molar-refractivity contribution in [2.24, 2.45) is 0 Å². The number of aryl methyl sites for hydroxylation is 1. The zero-order chi connectivity index (χ0) is 12.8. The molecule has 1 saturated heterocycles. The minimum absolute atomic E-state index is 0.725. The van der Waals surface area contributed by atoms with Crippen LogP contribution in [0.15, 0.2) is 18.2 Å². The third-order valence-electron chi connectivity index (χ3n) is 3.53. The quantitative estimate of drug-likeness (QED) is 0.808. The summed E-state index contributed by atoms with van der Waals surface area (Å²) in [6.07, 6.45) is 3.88. The molecule has 3 nitrogen and oxygen atoms in total. The molecule has 1 aromatic rings. The summed E-state index contributed by atoms with van der Waals surface area (Å²) in [5.41, 5.74) is 3.02. The van der Waals surface area contributed by atoms with Crippen molar-refractivity contribution in [3.63, 3.8) is 0 Å². The van der Waals surface area contributed by atoms with Crippen LogP contribution < -0.4 is 5.32 Å². The molecule has 0 unspecified atom stereocenters. The lowest BCUT2D eigenvalue weighted by Crippen LogP contribution is -2.22. The van der Waals surface area contributed by atoms with Crippen LogP contribution in [0.25, 0.3) is 0 Å². The fourth-order valence-corrected chi connectivity index (χ4v) is 2.41. The monoisotopic (exact) mass is 243 g/mol. The molecule has 2 rings (SSSR count). The Hall–Kier alpha value is -1.53. The smallest absolute Gasteiger partial charge is 0.0992 e. The molecule has 0 saturated carbocycles. The van der Waals surface area contributed by atoms with Crippen LogP contribution >= 0.6 is 0 Å². The number of likely N-dealkylation sites (tertiary alicyclic amines) is 1. The maximum atomic E-state index is 8.88. The lowest BCUT2D eigenvalue weighted by atomic mass is 10.1. The molecule has 0 amide bonds. The molecule has 1 aliphatic heterocycles. The number of nitrogens with one attached hydrogen (secondary N) is 1. The molecule has 0 bridgehead atoms. The molecule has 1 N–H and O–H groups in total. The second-order valence-electron chi connectivity index (χ2n) is 4.97. The van der Waals surface area contributed by atoms with Gasteiger partial charge in [-0.1, -0.05) is 6.07 Å². The van der Waals surface area contributed by atoms with Gasteiger partial charge >= 0.3 is 0 Å². The molecule has 0 aromatic heterocycles. The van der Waals surface area contributed by atoms with E-state index in [2.05, 4.69) is 23.2 Å². The first-order valence-electron chi connectivity index (χ1n) is 6.76. The first-order valence-corrected chi connectivity index (χ1v) is 6.76. The molecule has 3 heteroatoms. The van der Waals surface area contributed by atoms with Crippen molar-refractivity contribution in [3.8, 4) is 6.07 Å². The van der Waals surface area contributed by atoms with Crippen LogP contribution in [0, 0.1) is 18.3 Å². The van der Waals surface area contributed by atoms with Gasteiger partial charge in [0.2, 0.25) is 0 Å². The van der Waals surface area contributed by atoms with E-state index in [1.807, 2.05) is 18.2 Å². The van der Waals surface area contributed by atoms with Crippen molar-refractivity contribution in [1.29, 1.82) is 5.26 Å². The first-order chi connectivity index (χ1) is 8.79. The van der Waals surface area contributed by atoms with Gasteiger partial charge in [0.05, 0.1) is 11.6 Å². The highest BCUT2D eigenvalue weighted by molar-refractivity contribution is 5.55. The molecular formula is C15H21N3. The van der Waals surface area contributed by atoms with E-state index in [1.165, 1.54) is 38.0 Å². The number of rotatable bonds is 5. The Morgan fingerprint density at radius 3 is 2.83 bits per heavy atom. The largest absolute Gasteiger partial charge is 0.385 e. The van der Waals surface area contributed by atoms with Crippen molar-refractivity contribution in [3.05, 3.63) is 29.3 Å². The Morgan fingerprint density at radius 1 is 1.33 bits per heavy atom. The number of hydrogen-bond acceptors (Lipinski definition) is 3. The predicted octanol–water partition coefficient (Wildman–Crippen LogP) is 2.76. The van der Waals surface area contributed by atoms with Crippen LogP contribution in [0.2, 0.25) is 0 Å². The van der Waals surface area contributed by atoms with E-state index in [9.17, 15) is 0 Å². The minimum Gasteiger partial charge on any atom is -0.385 e. The fraction of sp³-hybridized carbons (Fsp3) is 0.533. The molecule has 0 atom stereocenters. The Morgan fingerprint density at radius 2 is 2.11 bits per heavy atom. The van der Waals surface area contributed by atoms with Gasteiger partial charge < -0.3 is 10.2 Å². The zero-order valence-corrected chi connectivity index (χ0v) is 11.1. The van der Waals surface area contributed by atoms with Gasteiger partial charge in [-0.2, -0.15) is 5.26 Å². The molecule has 1 aromatic carbocycles. The highest BCUT2D eigenvalue weighted by Gasteiger charge is 2.10. The number of nitrogens with zero attached hydrogens (tertiary/aromatic N) is 2. The third-order valence-corrected chi connectivity index (χ3v) is 3.53. The van der Waals surface area contributed by atoms with Crippen molar-refractivity contribution in [2.75, 3.05) is 31.5 Å². The van der Waals surface area contributed by atoms with Crippen LogP contribution in [0.4, 0.5) is 5.69 Å². The maximum Gasteiger partial charge on any atom is 0.0992 e. The second-order valence-corrected chi connectivity index (χ2v) is 4.97. The summed E-state index contributed by atoms with van der Waals surface area (Å²) in [5.74, 6) is 0. The van der Waals surface area contributed by atoms with E-state index in [0.717, 1.165) is 24.2 Å². The summed E-state index contributed by atoms with van der Waals surface area (Å²) >= 11 is 0. The van der Waals surface area contributed by atoms with Gasteiger partial charge in [0.1, 0.15) is 0 Å². The Balaban J connectivity index is 1.77. The van der Waals surface area contributed by atoms with Crippen LogP contribution in [-0.4, -0.2) is 31.1 Å². The Labute approximate surface area is 109 Å². The first kappa shape index (κ1) is 12.9. The number of hydrogen-bond donors (Lipinski definition) is 1. The van der Waals surface area contributed by atoms with E-state index in [-0.39, 0.29) is 0 Å². The molecule has 96 valence electrons. The van der Waals surface area contributed by atoms with E-state index in [4.69, 9.17) is 5.26 Å². The van der Waals surface area contributed by atoms with Crippen molar-refractivity contribution in [2.45, 2.75) is 26.2 Å². The minimum atomic E-state index is 0.725. The summed E-state index contributed by atoms with van der Waals surface area (Å²) in [6.45, 7) is 6.77. The van der Waals surface area contributed by atoms with Crippen LogP contribution in [0.1, 0.15) is 30.4 Å². The average Bonchev–Trinajstić information content (AvgIpc) is 2.89. The highest BCUT2D eigenvalue weighted by Crippen LogP contribution is 2.16. The van der Waals surface area contributed by atoms with Crippen LogP contribution in [0.3, 0.4) is 0 Å². The van der Waals surface area contributed by atoms with Gasteiger partial charge in [-0.3, -0.25) is 0 Å². The Bertz CT molecular complexity index is 428. The summed E-state index contributed by atoms with van der Waals surface area (Å²) in [4.78, 5) is 2.53. The van der Waals surface area contributed by atoms with Crippen LogP contribution in [0.5, 0.6) is 0 Å². The summed E-state index contributed by atoms with van der Waals surface area (Å²) in [6, 6.07) is 7.98.